The molecule has 1 atom stereocenters. The Morgan fingerprint density at radius 1 is 1.08 bits per heavy atom. The Hall–Kier alpha value is -1.63. The first kappa shape index (κ1) is 20.7. The van der Waals surface area contributed by atoms with E-state index in [-0.39, 0.29) is 18.4 Å². The van der Waals surface area contributed by atoms with Gasteiger partial charge in [-0.15, -0.1) is 0 Å². The number of ether oxygens (including phenoxy) is 1. The van der Waals surface area contributed by atoms with Gasteiger partial charge in [-0.1, -0.05) is 46.3 Å². The Kier molecular flexibility index (Phi) is 7.43. The van der Waals surface area contributed by atoms with Crippen molar-refractivity contribution >= 4 is 35.9 Å². The van der Waals surface area contributed by atoms with Crippen molar-refractivity contribution in [3.05, 3.63) is 64.6 Å². The Labute approximate surface area is 165 Å². The predicted molar refractivity (Wildman–Crippen MR) is 111 cm³/mol. The molecule has 2 aromatic rings. The molecule has 0 aliphatic carbocycles. The van der Waals surface area contributed by atoms with Crippen LogP contribution in [0.15, 0.2) is 59.1 Å². The third-order valence-corrected chi connectivity index (χ3v) is 4.86. The smallest absolute Gasteiger partial charge is 0.308 e. The fraction of sp³-hybridized carbons (Fsp3) is 0.350. The molecular formula is C20H26BrNO3Si. The SMILES string of the molecule is CCOC(=O)CC(c1ccc(Br)cc1)N(O[Si](C)(C)C)c1ccccc1. The van der Waals surface area contributed by atoms with Crippen molar-refractivity contribution in [3.8, 4) is 0 Å². The lowest BCUT2D eigenvalue weighted by Crippen LogP contribution is -2.40. The maximum absolute atomic E-state index is 12.3. The minimum Gasteiger partial charge on any atom is -0.466 e. The molecule has 0 aromatic heterocycles. The third kappa shape index (κ3) is 6.27. The monoisotopic (exact) mass is 435 g/mol. The summed E-state index contributed by atoms with van der Waals surface area (Å²) in [5.74, 6) is -0.236. The number of carbonyl (C=O) groups excluding carboxylic acids is 1. The highest BCUT2D eigenvalue weighted by Crippen LogP contribution is 2.33. The molecule has 0 heterocycles. The van der Waals surface area contributed by atoms with Crippen LogP contribution in [0.1, 0.15) is 24.9 Å². The van der Waals surface area contributed by atoms with Crippen LogP contribution < -0.4 is 5.06 Å². The number of hydrogen-bond acceptors (Lipinski definition) is 4. The summed E-state index contributed by atoms with van der Waals surface area (Å²) in [6.07, 6.45) is 0.217. The molecular weight excluding hydrogens is 410 g/mol. The van der Waals surface area contributed by atoms with Crippen LogP contribution >= 0.6 is 15.9 Å². The molecule has 0 spiro atoms. The van der Waals surface area contributed by atoms with E-state index in [1.165, 1.54) is 0 Å². The van der Waals surface area contributed by atoms with Crippen molar-refractivity contribution < 1.29 is 14.1 Å². The van der Waals surface area contributed by atoms with E-state index in [1.54, 1.807) is 0 Å². The molecule has 0 radical (unpaired) electrons. The molecule has 0 aliphatic heterocycles. The van der Waals surface area contributed by atoms with Gasteiger partial charge in [-0.2, -0.15) is 0 Å². The van der Waals surface area contributed by atoms with Crippen molar-refractivity contribution in [1.29, 1.82) is 0 Å². The number of benzene rings is 2. The van der Waals surface area contributed by atoms with Crippen LogP contribution in [0, 0.1) is 0 Å². The number of nitrogens with zero attached hydrogens (tertiary/aromatic N) is 1. The molecule has 0 saturated carbocycles. The summed E-state index contributed by atoms with van der Waals surface area (Å²) in [6, 6.07) is 17.6. The molecule has 2 rings (SSSR count). The highest BCUT2D eigenvalue weighted by Gasteiger charge is 2.30. The first-order valence-electron chi connectivity index (χ1n) is 8.74. The van der Waals surface area contributed by atoms with Gasteiger partial charge in [0.25, 0.3) is 0 Å². The number of carbonyl (C=O) groups is 1. The lowest BCUT2D eigenvalue weighted by molar-refractivity contribution is -0.143. The average Bonchev–Trinajstić information content (AvgIpc) is 2.59. The van der Waals surface area contributed by atoms with E-state index in [9.17, 15) is 4.79 Å². The van der Waals surface area contributed by atoms with Crippen LogP contribution in [0.25, 0.3) is 0 Å². The molecule has 1 unspecified atom stereocenters. The normalized spacial score (nSPS) is 12.5. The van der Waals surface area contributed by atoms with Crippen molar-refractivity contribution in [2.75, 3.05) is 11.7 Å². The average molecular weight is 436 g/mol. The third-order valence-electron chi connectivity index (χ3n) is 3.59. The Bertz CT molecular complexity index is 701. The van der Waals surface area contributed by atoms with Gasteiger partial charge >= 0.3 is 5.97 Å². The van der Waals surface area contributed by atoms with E-state index in [4.69, 9.17) is 9.26 Å². The number of halogens is 1. The van der Waals surface area contributed by atoms with Gasteiger partial charge in [-0.05, 0) is 56.4 Å². The molecule has 2 aromatic carbocycles. The van der Waals surface area contributed by atoms with Crippen LogP contribution in [0.3, 0.4) is 0 Å². The number of hydrogen-bond donors (Lipinski definition) is 0. The summed E-state index contributed by atoms with van der Waals surface area (Å²) in [6.45, 7) is 8.58. The van der Waals surface area contributed by atoms with Crippen LogP contribution in [0.5, 0.6) is 0 Å². The van der Waals surface area contributed by atoms with Gasteiger partial charge in [-0.25, -0.2) is 0 Å². The first-order valence-corrected chi connectivity index (χ1v) is 12.9. The van der Waals surface area contributed by atoms with Gasteiger partial charge in [0, 0.05) is 4.47 Å². The van der Waals surface area contributed by atoms with Gasteiger partial charge in [0.05, 0.1) is 24.8 Å². The van der Waals surface area contributed by atoms with Crippen molar-refractivity contribution in [1.82, 2.24) is 0 Å². The minimum atomic E-state index is -1.91. The maximum atomic E-state index is 12.3. The van der Waals surface area contributed by atoms with Crippen molar-refractivity contribution in [2.45, 2.75) is 39.0 Å². The molecule has 26 heavy (non-hydrogen) atoms. The summed E-state index contributed by atoms with van der Waals surface area (Å²) in [5, 5.41) is 1.88. The molecule has 0 bridgehead atoms. The maximum Gasteiger partial charge on any atom is 0.308 e. The summed E-state index contributed by atoms with van der Waals surface area (Å²) < 4.78 is 12.6. The molecule has 0 amide bonds. The Balaban J connectivity index is 2.45. The summed E-state index contributed by atoms with van der Waals surface area (Å²) >= 11 is 3.47. The number of esters is 1. The van der Waals surface area contributed by atoms with E-state index in [0.717, 1.165) is 15.7 Å². The lowest BCUT2D eigenvalue weighted by atomic mass is 10.0. The Morgan fingerprint density at radius 3 is 2.23 bits per heavy atom. The number of hydroxylamine groups is 1. The summed E-state index contributed by atoms with van der Waals surface area (Å²) in [4.78, 5) is 12.3. The second-order valence-electron chi connectivity index (χ2n) is 6.94. The zero-order chi connectivity index (χ0) is 19.2. The van der Waals surface area contributed by atoms with Gasteiger partial charge < -0.3 is 9.26 Å². The minimum absolute atomic E-state index is 0.217. The fourth-order valence-corrected chi connectivity index (χ4v) is 3.65. The van der Waals surface area contributed by atoms with Gasteiger partial charge in [0.1, 0.15) is 0 Å². The van der Waals surface area contributed by atoms with E-state index in [1.807, 2.05) is 66.6 Å². The quantitative estimate of drug-likeness (QED) is 0.302. The standard InChI is InChI=1S/C20H26BrNO3Si/c1-5-24-20(23)15-19(16-11-13-17(21)14-12-16)22(25-26(2,3)4)18-9-7-6-8-10-18/h6-14,19H,5,15H2,1-4H3. The highest BCUT2D eigenvalue weighted by atomic mass is 79.9. The van der Waals surface area contributed by atoms with Crippen LogP contribution in [-0.2, 0) is 14.1 Å². The molecule has 140 valence electrons. The predicted octanol–water partition coefficient (Wildman–Crippen LogP) is 5.72. The van der Waals surface area contributed by atoms with E-state index in [0.29, 0.717) is 6.61 Å². The molecule has 0 saturated heterocycles. The van der Waals surface area contributed by atoms with E-state index in [2.05, 4.69) is 35.6 Å². The van der Waals surface area contributed by atoms with Gasteiger partial charge in [-0.3, -0.25) is 9.86 Å². The van der Waals surface area contributed by atoms with Gasteiger partial charge in [0.2, 0.25) is 8.32 Å². The lowest BCUT2D eigenvalue weighted by Gasteiger charge is -2.37. The van der Waals surface area contributed by atoms with Gasteiger partial charge in [0.15, 0.2) is 0 Å². The second kappa shape index (κ2) is 9.35. The fourth-order valence-electron chi connectivity index (χ4n) is 2.57. The van der Waals surface area contributed by atoms with Crippen LogP contribution in [0.4, 0.5) is 5.69 Å². The van der Waals surface area contributed by atoms with E-state index < -0.39 is 8.32 Å². The molecule has 4 nitrogen and oxygen atoms in total. The molecule has 6 heteroatoms. The Morgan fingerprint density at radius 2 is 1.69 bits per heavy atom. The number of para-hydroxylation sites is 1. The molecule has 0 fully saturated rings. The topological polar surface area (TPSA) is 38.8 Å². The van der Waals surface area contributed by atoms with Crippen LogP contribution in [0.2, 0.25) is 19.6 Å². The molecule has 0 N–H and O–H groups in total. The zero-order valence-corrected chi connectivity index (χ0v) is 18.3. The second-order valence-corrected chi connectivity index (χ2v) is 12.3. The summed E-state index contributed by atoms with van der Waals surface area (Å²) in [7, 11) is -1.91. The first-order chi connectivity index (χ1) is 12.3. The molecule has 0 aliphatic rings. The van der Waals surface area contributed by atoms with Crippen molar-refractivity contribution in [2.24, 2.45) is 0 Å². The summed E-state index contributed by atoms with van der Waals surface area (Å²) in [5.41, 5.74) is 1.93. The zero-order valence-electron chi connectivity index (χ0n) is 15.7. The largest absolute Gasteiger partial charge is 0.466 e. The van der Waals surface area contributed by atoms with E-state index >= 15 is 0 Å². The highest BCUT2D eigenvalue weighted by molar-refractivity contribution is 9.10. The number of rotatable bonds is 8. The van der Waals surface area contributed by atoms with Crippen LogP contribution in [-0.4, -0.2) is 20.9 Å². The van der Waals surface area contributed by atoms with Crippen molar-refractivity contribution in [3.63, 3.8) is 0 Å². The number of anilines is 1.